The van der Waals surface area contributed by atoms with Crippen molar-refractivity contribution in [3.05, 3.63) is 47.5 Å². The second kappa shape index (κ2) is 14.5. The van der Waals surface area contributed by atoms with Gasteiger partial charge in [0.05, 0.1) is 0 Å². The molecule has 3 rings (SSSR count). The lowest BCUT2D eigenvalue weighted by Crippen LogP contribution is -2.19. The van der Waals surface area contributed by atoms with Crippen LogP contribution in [0.5, 0.6) is 0 Å². The molecular formula is C28H36N2O7. The number of nitrogens with one attached hydrogen (secondary N) is 2. The van der Waals surface area contributed by atoms with Gasteiger partial charge in [0, 0.05) is 51.1 Å². The third kappa shape index (κ3) is 8.38. The normalized spacial score (nSPS) is 13.5. The Morgan fingerprint density at radius 1 is 0.811 bits per heavy atom. The number of hydrogen-bond acceptors (Lipinski definition) is 7. The first kappa shape index (κ1) is 28.3. The molecule has 37 heavy (non-hydrogen) atoms. The van der Waals surface area contributed by atoms with E-state index >= 15 is 0 Å². The average molecular weight is 513 g/mol. The van der Waals surface area contributed by atoms with Gasteiger partial charge >= 0.3 is 5.97 Å². The molecule has 1 aliphatic carbocycles. The van der Waals surface area contributed by atoms with Gasteiger partial charge < -0.3 is 29.6 Å². The van der Waals surface area contributed by atoms with Crippen LogP contribution in [-0.2, 0) is 33.3 Å². The fraction of sp³-hybridized carbons (Fsp3) is 0.464. The number of anilines is 2. The maximum Gasteiger partial charge on any atom is 0.302 e. The number of ether oxygens (including phenoxy) is 4. The first-order valence-corrected chi connectivity index (χ1v) is 12.6. The fourth-order valence-electron chi connectivity index (χ4n) is 4.17. The second-order valence-corrected chi connectivity index (χ2v) is 8.86. The predicted molar refractivity (Wildman–Crippen MR) is 141 cm³/mol. The molecule has 1 atom stereocenters. The van der Waals surface area contributed by atoms with Crippen LogP contribution in [0.2, 0.25) is 0 Å². The van der Waals surface area contributed by atoms with Crippen molar-refractivity contribution in [1.82, 2.24) is 0 Å². The fourth-order valence-corrected chi connectivity index (χ4v) is 4.17. The number of carbonyl (C=O) groups excluding carboxylic acids is 3. The maximum atomic E-state index is 12.3. The van der Waals surface area contributed by atoms with Crippen LogP contribution in [0.4, 0.5) is 11.4 Å². The van der Waals surface area contributed by atoms with Crippen LogP contribution in [0.15, 0.2) is 36.4 Å². The summed E-state index contributed by atoms with van der Waals surface area (Å²) in [5.74, 6) is -1.10. The quantitative estimate of drug-likeness (QED) is 0.273. The van der Waals surface area contributed by atoms with Crippen LogP contribution in [0.25, 0.3) is 11.1 Å². The average Bonchev–Trinajstić information content (AvgIpc) is 3.17. The summed E-state index contributed by atoms with van der Waals surface area (Å²) in [5, 5.41) is 5.75. The third-order valence-corrected chi connectivity index (χ3v) is 5.91. The van der Waals surface area contributed by atoms with Gasteiger partial charge in [0.2, 0.25) is 11.8 Å². The van der Waals surface area contributed by atoms with E-state index in [0.29, 0.717) is 37.6 Å². The van der Waals surface area contributed by atoms with Gasteiger partial charge in [-0.3, -0.25) is 14.4 Å². The highest BCUT2D eigenvalue weighted by molar-refractivity contribution is 5.94. The Morgan fingerprint density at radius 2 is 1.35 bits per heavy atom. The van der Waals surface area contributed by atoms with Crippen molar-refractivity contribution in [2.24, 2.45) is 0 Å². The Labute approximate surface area is 217 Å². The zero-order valence-electron chi connectivity index (χ0n) is 21.8. The summed E-state index contributed by atoms with van der Waals surface area (Å²) in [6.07, 6.45) is 2.63. The summed E-state index contributed by atoms with van der Waals surface area (Å²) < 4.78 is 21.1. The maximum absolute atomic E-state index is 12.3. The van der Waals surface area contributed by atoms with E-state index in [1.165, 1.54) is 6.92 Å². The molecule has 1 aliphatic rings. The minimum atomic E-state index is -0.376. The molecule has 2 aromatic carbocycles. The van der Waals surface area contributed by atoms with Gasteiger partial charge in [-0.25, -0.2) is 0 Å². The van der Waals surface area contributed by atoms with Crippen molar-refractivity contribution in [3.63, 3.8) is 0 Å². The van der Waals surface area contributed by atoms with Crippen LogP contribution in [-0.4, -0.2) is 64.5 Å². The lowest BCUT2D eigenvalue weighted by molar-refractivity contribution is -0.141. The summed E-state index contributed by atoms with van der Waals surface area (Å²) in [6.45, 7) is 5.09. The smallest absolute Gasteiger partial charge is 0.302 e. The van der Waals surface area contributed by atoms with Crippen LogP contribution in [0.3, 0.4) is 0 Å². The van der Waals surface area contributed by atoms with E-state index in [-0.39, 0.29) is 43.5 Å². The molecule has 1 unspecified atom stereocenters. The van der Waals surface area contributed by atoms with E-state index in [0.717, 1.165) is 35.1 Å². The number of rotatable bonds is 15. The van der Waals surface area contributed by atoms with Gasteiger partial charge in [-0.2, -0.15) is 0 Å². The highest BCUT2D eigenvalue weighted by Crippen LogP contribution is 2.46. The molecule has 0 saturated heterocycles. The topological polar surface area (TPSA) is 112 Å². The Balaban J connectivity index is 1.72. The number of hydrogen-bond donors (Lipinski definition) is 2. The van der Waals surface area contributed by atoms with Crippen LogP contribution in [0, 0.1) is 0 Å². The van der Waals surface area contributed by atoms with E-state index in [1.54, 1.807) is 7.11 Å². The summed E-state index contributed by atoms with van der Waals surface area (Å²) >= 11 is 0. The Kier molecular flexibility index (Phi) is 11.1. The Hall–Kier alpha value is -3.27. The van der Waals surface area contributed by atoms with E-state index in [9.17, 15) is 14.4 Å². The van der Waals surface area contributed by atoms with Crippen molar-refractivity contribution < 1.29 is 33.3 Å². The summed E-state index contributed by atoms with van der Waals surface area (Å²) in [4.78, 5) is 36.2. The standard InChI is InChI=1S/C28H36N2O7/c1-4-5-12-35-17-27(32)29-20-7-9-22-23-10-8-21(30-28(33)18-36-13-6-11-34-3)15-25(23)26(24(22)14-20)16-37-19(2)31/h7-10,14-15,26H,4-6,11-13,16-18H2,1-3H3,(H,29,32)(H,30,33). The van der Waals surface area contributed by atoms with Crippen molar-refractivity contribution in [1.29, 1.82) is 0 Å². The Bertz CT molecular complexity index is 1090. The number of esters is 1. The number of methoxy groups -OCH3 is 1. The molecule has 0 aromatic heterocycles. The zero-order chi connectivity index (χ0) is 26.6. The van der Waals surface area contributed by atoms with Crippen LogP contribution < -0.4 is 10.6 Å². The van der Waals surface area contributed by atoms with Gasteiger partial charge in [0.25, 0.3) is 0 Å². The van der Waals surface area contributed by atoms with E-state index < -0.39 is 0 Å². The number of benzene rings is 2. The van der Waals surface area contributed by atoms with Gasteiger partial charge in [-0.15, -0.1) is 0 Å². The summed E-state index contributed by atoms with van der Waals surface area (Å²) in [7, 11) is 1.62. The van der Waals surface area contributed by atoms with Gasteiger partial charge in [0.1, 0.15) is 19.8 Å². The van der Waals surface area contributed by atoms with Crippen molar-refractivity contribution in [3.8, 4) is 11.1 Å². The highest BCUT2D eigenvalue weighted by atomic mass is 16.5. The second-order valence-electron chi connectivity index (χ2n) is 8.86. The molecule has 0 fully saturated rings. The molecule has 9 nitrogen and oxygen atoms in total. The van der Waals surface area contributed by atoms with E-state index in [1.807, 2.05) is 36.4 Å². The molecule has 0 saturated carbocycles. The van der Waals surface area contributed by atoms with E-state index in [4.69, 9.17) is 18.9 Å². The van der Waals surface area contributed by atoms with Crippen molar-refractivity contribution in [2.45, 2.75) is 39.0 Å². The number of amides is 2. The molecule has 200 valence electrons. The van der Waals surface area contributed by atoms with Gasteiger partial charge in [-0.05, 0) is 59.4 Å². The van der Waals surface area contributed by atoms with Crippen LogP contribution in [0.1, 0.15) is 50.2 Å². The molecule has 2 amide bonds. The molecule has 2 aromatic rings. The molecule has 0 radical (unpaired) electrons. The first-order chi connectivity index (χ1) is 17.9. The minimum Gasteiger partial charge on any atom is -0.465 e. The first-order valence-electron chi connectivity index (χ1n) is 12.6. The monoisotopic (exact) mass is 512 g/mol. The predicted octanol–water partition coefficient (Wildman–Crippen LogP) is 4.11. The molecule has 2 N–H and O–H groups in total. The van der Waals surface area contributed by atoms with Gasteiger partial charge in [-0.1, -0.05) is 25.5 Å². The molecule has 0 spiro atoms. The summed E-state index contributed by atoms with van der Waals surface area (Å²) in [6, 6.07) is 11.4. The Morgan fingerprint density at radius 3 is 1.84 bits per heavy atom. The number of carbonyl (C=O) groups is 3. The molecule has 9 heteroatoms. The van der Waals surface area contributed by atoms with Gasteiger partial charge in [0.15, 0.2) is 0 Å². The van der Waals surface area contributed by atoms with E-state index in [2.05, 4.69) is 17.6 Å². The molecular weight excluding hydrogens is 476 g/mol. The molecule has 0 aliphatic heterocycles. The molecule has 0 bridgehead atoms. The number of unbranched alkanes of at least 4 members (excludes halogenated alkanes) is 1. The SMILES string of the molecule is CCCCOCC(=O)Nc1ccc2c(c1)C(COC(C)=O)c1cc(NC(=O)COCCCOC)ccc1-2. The minimum absolute atomic E-state index is 0.00661. The largest absolute Gasteiger partial charge is 0.465 e. The van der Waals surface area contributed by atoms with Crippen molar-refractivity contribution in [2.75, 3.05) is 57.4 Å². The summed E-state index contributed by atoms with van der Waals surface area (Å²) in [5.41, 5.74) is 5.11. The number of fused-ring (bicyclic) bond motifs is 3. The zero-order valence-corrected chi connectivity index (χ0v) is 21.8. The third-order valence-electron chi connectivity index (χ3n) is 5.91. The lowest BCUT2D eigenvalue weighted by atomic mass is 9.97. The lowest BCUT2D eigenvalue weighted by Gasteiger charge is -2.15. The molecule has 0 heterocycles. The highest BCUT2D eigenvalue weighted by Gasteiger charge is 2.30. The van der Waals surface area contributed by atoms with Crippen molar-refractivity contribution >= 4 is 29.2 Å². The van der Waals surface area contributed by atoms with Crippen LogP contribution >= 0.6 is 0 Å².